The van der Waals surface area contributed by atoms with Crippen molar-refractivity contribution in [3.63, 3.8) is 0 Å². The quantitative estimate of drug-likeness (QED) is 0.0323. The highest BCUT2D eigenvalue weighted by Crippen LogP contribution is 2.16. The Hall–Kier alpha value is -1.40. The van der Waals surface area contributed by atoms with Gasteiger partial charge in [-0.1, -0.05) is 251 Å². The van der Waals surface area contributed by atoms with Crippen molar-refractivity contribution in [1.82, 2.24) is 5.32 Å². The molecule has 0 radical (unpaired) electrons. The van der Waals surface area contributed by atoms with E-state index < -0.39 is 12.1 Å². The van der Waals surface area contributed by atoms with Gasteiger partial charge in [-0.25, -0.2) is 0 Å². The number of amides is 1. The van der Waals surface area contributed by atoms with Gasteiger partial charge in [0.2, 0.25) is 5.91 Å². The standard InChI is InChI=1S/C52H101NO5/c1-3-5-7-9-11-13-15-16-19-23-26-30-34-38-42-46-52(57)58-47-43-39-35-31-27-24-21-18-17-20-22-25-29-33-37-41-45-51(56)53-49(48-54)50(55)44-40-36-32-28-14-12-10-8-6-4-2/h40,44,49-50,54-55H,3-39,41-43,45-48H2,1-2H3,(H,53,56)/b44-40+. The molecule has 3 N–H and O–H groups in total. The van der Waals surface area contributed by atoms with Crippen molar-refractivity contribution in [1.29, 1.82) is 0 Å². The Morgan fingerprint density at radius 1 is 0.466 bits per heavy atom. The molecule has 0 saturated carbocycles. The molecule has 0 rings (SSSR count). The number of esters is 1. The summed E-state index contributed by atoms with van der Waals surface area (Å²) < 4.78 is 5.47. The van der Waals surface area contributed by atoms with Crippen LogP contribution in [0.25, 0.3) is 0 Å². The van der Waals surface area contributed by atoms with Gasteiger partial charge in [-0.05, 0) is 32.1 Å². The molecule has 0 aromatic rings. The first-order valence-electron chi connectivity index (χ1n) is 26.0. The number of carbonyl (C=O) groups excluding carboxylic acids is 2. The average molecular weight is 820 g/mol. The maximum Gasteiger partial charge on any atom is 0.305 e. The first kappa shape index (κ1) is 56.6. The van der Waals surface area contributed by atoms with Gasteiger partial charge in [-0.3, -0.25) is 9.59 Å². The van der Waals surface area contributed by atoms with Gasteiger partial charge in [0, 0.05) is 12.8 Å². The van der Waals surface area contributed by atoms with Gasteiger partial charge in [0.1, 0.15) is 0 Å². The van der Waals surface area contributed by atoms with E-state index in [4.69, 9.17) is 4.74 Å². The average Bonchev–Trinajstić information content (AvgIpc) is 3.22. The summed E-state index contributed by atoms with van der Waals surface area (Å²) in [5, 5.41) is 22.9. The van der Waals surface area contributed by atoms with E-state index in [2.05, 4.69) is 19.2 Å². The maximum atomic E-state index is 12.4. The Bertz CT molecular complexity index is 863. The van der Waals surface area contributed by atoms with E-state index in [1.54, 1.807) is 6.08 Å². The number of ether oxygens (including phenoxy) is 1. The summed E-state index contributed by atoms with van der Waals surface area (Å²) >= 11 is 0. The van der Waals surface area contributed by atoms with Gasteiger partial charge in [0.25, 0.3) is 0 Å². The van der Waals surface area contributed by atoms with Crippen LogP contribution in [0.5, 0.6) is 0 Å². The van der Waals surface area contributed by atoms with Crippen LogP contribution in [0.1, 0.15) is 284 Å². The van der Waals surface area contributed by atoms with Crippen LogP contribution in [0.3, 0.4) is 0 Å². The first-order chi connectivity index (χ1) is 28.5. The van der Waals surface area contributed by atoms with E-state index in [1.807, 2.05) is 6.08 Å². The van der Waals surface area contributed by atoms with Crippen LogP contribution in [0.4, 0.5) is 0 Å². The molecule has 2 unspecified atom stereocenters. The highest BCUT2D eigenvalue weighted by atomic mass is 16.5. The summed E-state index contributed by atoms with van der Waals surface area (Å²) in [5.74, 6) is -0.0712. The lowest BCUT2D eigenvalue weighted by Gasteiger charge is -2.20. The number of aliphatic hydroxyl groups is 2. The zero-order valence-corrected chi connectivity index (χ0v) is 39.0. The van der Waals surface area contributed by atoms with Crippen LogP contribution in [0, 0.1) is 0 Å². The molecule has 0 fully saturated rings. The molecule has 2 atom stereocenters. The highest BCUT2D eigenvalue weighted by molar-refractivity contribution is 5.76. The van der Waals surface area contributed by atoms with E-state index >= 15 is 0 Å². The number of hydrogen-bond acceptors (Lipinski definition) is 5. The minimum absolute atomic E-state index is 0.00483. The number of nitrogens with one attached hydrogen (secondary N) is 1. The van der Waals surface area contributed by atoms with Crippen molar-refractivity contribution in [3.8, 4) is 0 Å². The minimum Gasteiger partial charge on any atom is -0.466 e. The van der Waals surface area contributed by atoms with Crippen LogP contribution >= 0.6 is 0 Å². The van der Waals surface area contributed by atoms with Crippen molar-refractivity contribution in [2.24, 2.45) is 0 Å². The number of carbonyl (C=O) groups is 2. The van der Waals surface area contributed by atoms with Crippen LogP contribution in [0.15, 0.2) is 12.2 Å². The van der Waals surface area contributed by atoms with Gasteiger partial charge in [0.15, 0.2) is 0 Å². The molecule has 0 heterocycles. The summed E-state index contributed by atoms with van der Waals surface area (Å²) in [4.78, 5) is 24.4. The molecule has 0 aliphatic carbocycles. The number of unbranched alkanes of at least 4 members (excludes halogenated alkanes) is 37. The fourth-order valence-corrected chi connectivity index (χ4v) is 8.05. The van der Waals surface area contributed by atoms with Gasteiger partial charge < -0.3 is 20.3 Å². The second-order valence-corrected chi connectivity index (χ2v) is 17.9. The van der Waals surface area contributed by atoms with E-state index in [1.165, 1.54) is 212 Å². The van der Waals surface area contributed by atoms with Crippen molar-refractivity contribution in [2.45, 2.75) is 296 Å². The Kier molecular flexibility index (Phi) is 47.1. The molecule has 0 saturated heterocycles. The van der Waals surface area contributed by atoms with Crippen molar-refractivity contribution >= 4 is 11.9 Å². The van der Waals surface area contributed by atoms with Gasteiger partial charge in [0.05, 0.1) is 25.4 Å². The monoisotopic (exact) mass is 820 g/mol. The van der Waals surface area contributed by atoms with E-state index in [0.717, 1.165) is 44.9 Å². The molecule has 6 heteroatoms. The first-order valence-corrected chi connectivity index (χ1v) is 26.0. The lowest BCUT2D eigenvalue weighted by Crippen LogP contribution is -2.45. The third-order valence-corrected chi connectivity index (χ3v) is 12.1. The Labute approximate surface area is 361 Å². The van der Waals surface area contributed by atoms with Crippen LogP contribution in [-0.4, -0.2) is 47.4 Å². The normalized spacial score (nSPS) is 12.7. The van der Waals surface area contributed by atoms with Crippen LogP contribution < -0.4 is 5.32 Å². The minimum atomic E-state index is -0.846. The molecule has 0 aliphatic heterocycles. The molecular formula is C52H101NO5. The fourth-order valence-electron chi connectivity index (χ4n) is 8.05. The van der Waals surface area contributed by atoms with Gasteiger partial charge in [-0.2, -0.15) is 0 Å². The number of hydrogen-bond donors (Lipinski definition) is 3. The summed E-state index contributed by atoms with van der Waals surface area (Å²) in [7, 11) is 0. The predicted octanol–water partition coefficient (Wildman–Crippen LogP) is 15.3. The lowest BCUT2D eigenvalue weighted by atomic mass is 10.0. The number of rotatable bonds is 48. The molecule has 58 heavy (non-hydrogen) atoms. The second kappa shape index (κ2) is 48.3. The maximum absolute atomic E-state index is 12.4. The Balaban J connectivity index is 3.40. The number of allylic oxidation sites excluding steroid dienone is 1. The molecular weight excluding hydrogens is 719 g/mol. The summed E-state index contributed by atoms with van der Waals surface area (Å²) in [6, 6.07) is -0.630. The zero-order chi connectivity index (χ0) is 42.3. The van der Waals surface area contributed by atoms with Gasteiger partial charge >= 0.3 is 5.97 Å². The topological polar surface area (TPSA) is 95.9 Å². The molecule has 0 spiro atoms. The van der Waals surface area contributed by atoms with Crippen LogP contribution in [0.2, 0.25) is 0 Å². The predicted molar refractivity (Wildman–Crippen MR) is 250 cm³/mol. The SMILES string of the molecule is CCCCCCCCCC/C=C/C(O)C(CO)NC(=O)CCCCCCCCCCCCCCCCCCOC(=O)CCCCCCCCCCCCCCCCC. The van der Waals surface area contributed by atoms with Crippen molar-refractivity contribution in [2.75, 3.05) is 13.2 Å². The molecule has 6 nitrogen and oxygen atoms in total. The third kappa shape index (κ3) is 44.2. The van der Waals surface area contributed by atoms with E-state index in [9.17, 15) is 19.8 Å². The van der Waals surface area contributed by atoms with E-state index in [0.29, 0.717) is 19.4 Å². The second-order valence-electron chi connectivity index (χ2n) is 17.9. The third-order valence-electron chi connectivity index (χ3n) is 12.1. The summed E-state index contributed by atoms with van der Waals surface area (Å²) in [5.41, 5.74) is 0. The Morgan fingerprint density at radius 2 is 0.793 bits per heavy atom. The smallest absolute Gasteiger partial charge is 0.305 e. The largest absolute Gasteiger partial charge is 0.466 e. The Morgan fingerprint density at radius 3 is 1.17 bits per heavy atom. The summed E-state index contributed by atoms with van der Waals surface area (Å²) in [6.07, 6.45) is 55.0. The number of aliphatic hydroxyl groups excluding tert-OH is 2. The fraction of sp³-hybridized carbons (Fsp3) is 0.923. The molecule has 0 aromatic heterocycles. The van der Waals surface area contributed by atoms with Crippen molar-refractivity contribution < 1.29 is 24.5 Å². The van der Waals surface area contributed by atoms with Gasteiger partial charge in [-0.15, -0.1) is 0 Å². The van der Waals surface area contributed by atoms with Crippen LogP contribution in [-0.2, 0) is 14.3 Å². The summed E-state index contributed by atoms with van der Waals surface area (Å²) in [6.45, 7) is 4.88. The molecule has 0 bridgehead atoms. The zero-order valence-electron chi connectivity index (χ0n) is 39.0. The van der Waals surface area contributed by atoms with Crippen molar-refractivity contribution in [3.05, 3.63) is 12.2 Å². The molecule has 344 valence electrons. The highest BCUT2D eigenvalue weighted by Gasteiger charge is 2.18. The van der Waals surface area contributed by atoms with E-state index in [-0.39, 0.29) is 18.5 Å². The lowest BCUT2D eigenvalue weighted by molar-refractivity contribution is -0.143. The molecule has 0 aliphatic rings. The molecule has 0 aromatic carbocycles. The molecule has 1 amide bonds.